The molecule has 1 aliphatic rings. The molecule has 1 aromatic heterocycles. The molecule has 12 nitrogen and oxygen atoms in total. The summed E-state index contributed by atoms with van der Waals surface area (Å²) in [6.45, 7) is 5.15. The number of nitrogens with zero attached hydrogens (tertiary/aromatic N) is 2. The van der Waals surface area contributed by atoms with Gasteiger partial charge in [-0.2, -0.15) is 5.10 Å². The number of methoxy groups -OCH3 is 1. The monoisotopic (exact) mass is 453 g/mol. The molecule has 2 heterocycles. The number of carbonyl (C=O) groups excluding carboxylic acids is 4. The summed E-state index contributed by atoms with van der Waals surface area (Å²) in [5.74, 6) is -2.43. The summed E-state index contributed by atoms with van der Waals surface area (Å²) in [5, 5.41) is 11.8. The topological polar surface area (TPSA) is 150 Å². The lowest BCUT2D eigenvalue weighted by Gasteiger charge is -2.24. The molecule has 2 rings (SSSR count). The first-order chi connectivity index (χ1) is 15.3. The number of aromatic nitrogens is 2. The van der Waals surface area contributed by atoms with Crippen molar-refractivity contribution in [3.63, 3.8) is 0 Å². The van der Waals surface area contributed by atoms with Crippen LogP contribution in [0.5, 0.6) is 0 Å². The van der Waals surface area contributed by atoms with Crippen molar-refractivity contribution in [3.05, 3.63) is 18.0 Å². The van der Waals surface area contributed by atoms with E-state index in [4.69, 9.17) is 14.2 Å². The summed E-state index contributed by atoms with van der Waals surface area (Å²) >= 11 is 0. The predicted molar refractivity (Wildman–Crippen MR) is 112 cm³/mol. The average Bonchev–Trinajstić information content (AvgIpc) is 3.20. The van der Waals surface area contributed by atoms with Crippen molar-refractivity contribution in [1.82, 2.24) is 25.7 Å². The molecule has 0 saturated carbocycles. The fourth-order valence-electron chi connectivity index (χ4n) is 3.08. The van der Waals surface area contributed by atoms with Gasteiger partial charge in [0, 0.05) is 32.0 Å². The highest BCUT2D eigenvalue weighted by Crippen LogP contribution is 2.09. The Morgan fingerprint density at radius 3 is 2.72 bits per heavy atom. The Hall–Kier alpha value is -2.99. The quantitative estimate of drug-likeness (QED) is 0.302. The molecular formula is C20H31N5O7. The van der Waals surface area contributed by atoms with Crippen LogP contribution in [0.25, 0.3) is 0 Å². The summed E-state index contributed by atoms with van der Waals surface area (Å²) in [4.78, 5) is 49.7. The fraction of sp³-hybridized carbons (Fsp3) is 0.650. The van der Waals surface area contributed by atoms with Crippen molar-refractivity contribution in [2.45, 2.75) is 38.9 Å². The number of fused-ring (bicyclic) bond motifs is 1. The second-order valence-corrected chi connectivity index (χ2v) is 7.54. The number of rotatable bonds is 10. The zero-order valence-electron chi connectivity index (χ0n) is 18.6. The first kappa shape index (κ1) is 25.3. The average molecular weight is 453 g/mol. The maximum Gasteiger partial charge on any atom is 0.407 e. The molecule has 32 heavy (non-hydrogen) atoms. The summed E-state index contributed by atoms with van der Waals surface area (Å²) < 4.78 is 16.8. The lowest BCUT2D eigenvalue weighted by atomic mass is 10.0. The molecule has 2 atom stereocenters. The van der Waals surface area contributed by atoms with E-state index >= 15 is 0 Å². The van der Waals surface area contributed by atoms with E-state index in [1.807, 2.05) is 0 Å². The van der Waals surface area contributed by atoms with Gasteiger partial charge in [-0.15, -0.1) is 0 Å². The van der Waals surface area contributed by atoms with E-state index < -0.39 is 35.8 Å². The minimum Gasteiger partial charge on any atom is -0.447 e. The Balaban J connectivity index is 1.97. The highest BCUT2D eigenvalue weighted by Gasteiger charge is 2.33. The molecule has 3 amide bonds. The molecule has 2 unspecified atom stereocenters. The van der Waals surface area contributed by atoms with E-state index in [9.17, 15) is 19.2 Å². The first-order valence-corrected chi connectivity index (χ1v) is 10.5. The molecule has 3 N–H and O–H groups in total. The normalized spacial score (nSPS) is 17.4. The van der Waals surface area contributed by atoms with E-state index in [1.165, 1.54) is 0 Å². The van der Waals surface area contributed by atoms with Gasteiger partial charge in [0.1, 0.15) is 18.7 Å². The van der Waals surface area contributed by atoms with Gasteiger partial charge in [-0.25, -0.2) is 4.79 Å². The van der Waals surface area contributed by atoms with Crippen LogP contribution in [-0.2, 0) is 41.6 Å². The maximum atomic E-state index is 12.9. The number of amides is 3. The summed E-state index contributed by atoms with van der Waals surface area (Å²) in [6.07, 6.45) is 0.910. The molecule has 0 saturated heterocycles. The highest BCUT2D eigenvalue weighted by atomic mass is 16.6. The van der Waals surface area contributed by atoms with Crippen molar-refractivity contribution >= 4 is 23.7 Å². The zero-order chi connectivity index (χ0) is 23.5. The molecule has 0 spiro atoms. The summed E-state index contributed by atoms with van der Waals surface area (Å²) in [6, 6.07) is -0.332. The van der Waals surface area contributed by atoms with E-state index in [0.29, 0.717) is 25.5 Å². The van der Waals surface area contributed by atoms with Crippen LogP contribution >= 0.6 is 0 Å². The second-order valence-electron chi connectivity index (χ2n) is 7.54. The largest absolute Gasteiger partial charge is 0.447 e. The third kappa shape index (κ3) is 7.61. The number of hydrogen-bond acceptors (Lipinski definition) is 8. The van der Waals surface area contributed by atoms with Crippen LogP contribution in [0.15, 0.2) is 12.3 Å². The van der Waals surface area contributed by atoms with E-state index in [2.05, 4.69) is 21.0 Å². The molecule has 178 valence electrons. The van der Waals surface area contributed by atoms with Gasteiger partial charge in [-0.3, -0.25) is 19.1 Å². The molecule has 12 heteroatoms. The smallest absolute Gasteiger partial charge is 0.407 e. The van der Waals surface area contributed by atoms with Gasteiger partial charge in [0.15, 0.2) is 0 Å². The lowest BCUT2D eigenvalue weighted by molar-refractivity contribution is -0.140. The van der Waals surface area contributed by atoms with Crippen molar-refractivity contribution in [2.75, 3.05) is 40.1 Å². The van der Waals surface area contributed by atoms with Gasteiger partial charge in [-0.05, 0) is 12.0 Å². The van der Waals surface area contributed by atoms with Gasteiger partial charge >= 0.3 is 6.09 Å². The molecular weight excluding hydrogens is 422 g/mol. The molecule has 0 aromatic carbocycles. The van der Waals surface area contributed by atoms with Crippen molar-refractivity contribution in [1.29, 1.82) is 0 Å². The van der Waals surface area contributed by atoms with Crippen LogP contribution in [0.4, 0.5) is 4.79 Å². The Morgan fingerprint density at radius 1 is 1.25 bits per heavy atom. The molecule has 0 aliphatic carbocycles. The first-order valence-electron chi connectivity index (χ1n) is 10.5. The standard InChI is InChI=1S/C20H31N5O7/c1-13(2)16(24-20(29)32-11-10-31-9-8-30-3)18(27)23-15-12-14-4-5-22-25(14)7-6-21-19(28)17(15)26/h4-5,13,15-16H,6-12H2,1-3H3,(H,21,28)(H,23,27)(H,24,29). The van der Waals surface area contributed by atoms with Gasteiger partial charge < -0.3 is 30.2 Å². The Bertz CT molecular complexity index is 795. The van der Waals surface area contributed by atoms with Gasteiger partial charge in [0.2, 0.25) is 11.7 Å². The van der Waals surface area contributed by atoms with Crippen LogP contribution in [0.2, 0.25) is 0 Å². The number of nitrogens with one attached hydrogen (secondary N) is 3. The van der Waals surface area contributed by atoms with Gasteiger partial charge in [0.25, 0.3) is 5.91 Å². The van der Waals surface area contributed by atoms with Crippen molar-refractivity contribution in [3.8, 4) is 0 Å². The number of hydrogen-bond donors (Lipinski definition) is 3. The molecule has 0 fully saturated rings. The fourth-order valence-corrected chi connectivity index (χ4v) is 3.08. The second kappa shape index (κ2) is 12.8. The van der Waals surface area contributed by atoms with E-state index in [1.54, 1.807) is 37.9 Å². The van der Waals surface area contributed by atoms with Gasteiger partial charge in [0.05, 0.1) is 26.4 Å². The number of ether oxygens (including phenoxy) is 3. The summed E-state index contributed by atoms with van der Waals surface area (Å²) in [5.41, 5.74) is 0.710. The van der Waals surface area contributed by atoms with Crippen LogP contribution < -0.4 is 16.0 Å². The van der Waals surface area contributed by atoms with Crippen molar-refractivity contribution < 1.29 is 33.4 Å². The van der Waals surface area contributed by atoms with Crippen LogP contribution in [0, 0.1) is 5.92 Å². The predicted octanol–water partition coefficient (Wildman–Crippen LogP) is -0.977. The van der Waals surface area contributed by atoms with E-state index in [-0.39, 0.29) is 32.1 Å². The maximum absolute atomic E-state index is 12.9. The number of carbonyl (C=O) groups is 4. The number of Topliss-reactive ketones (excluding diaryl/α,β-unsaturated/α-hetero) is 1. The van der Waals surface area contributed by atoms with Crippen molar-refractivity contribution in [2.24, 2.45) is 5.92 Å². The van der Waals surface area contributed by atoms with Crippen LogP contribution in [0.1, 0.15) is 19.5 Å². The molecule has 0 bridgehead atoms. The SMILES string of the molecule is COCCOCCOC(=O)NC(C(=O)NC1Cc2ccnn2CCNC(=O)C1=O)C(C)C. The zero-order valence-corrected chi connectivity index (χ0v) is 18.6. The third-order valence-corrected chi connectivity index (χ3v) is 4.80. The highest BCUT2D eigenvalue weighted by molar-refractivity contribution is 6.38. The third-order valence-electron chi connectivity index (χ3n) is 4.80. The van der Waals surface area contributed by atoms with E-state index in [0.717, 1.165) is 0 Å². The Labute approximate surface area is 186 Å². The Kier molecular flexibility index (Phi) is 10.1. The van der Waals surface area contributed by atoms with Crippen LogP contribution in [-0.4, -0.2) is 85.6 Å². The Morgan fingerprint density at radius 2 is 2.00 bits per heavy atom. The number of ketones is 1. The lowest BCUT2D eigenvalue weighted by Crippen LogP contribution is -2.56. The van der Waals surface area contributed by atoms with Crippen LogP contribution in [0.3, 0.4) is 0 Å². The van der Waals surface area contributed by atoms with Gasteiger partial charge in [-0.1, -0.05) is 13.8 Å². The molecule has 0 radical (unpaired) electrons. The number of alkyl carbamates (subject to hydrolysis) is 1. The minimum absolute atomic E-state index is 0.00720. The molecule has 1 aliphatic heterocycles. The molecule has 1 aromatic rings. The summed E-state index contributed by atoms with van der Waals surface area (Å²) in [7, 11) is 1.55. The minimum atomic E-state index is -1.09.